The first-order chi connectivity index (χ1) is 7.22. The standard InChI is InChI=1S/C12H16INO/c1-2-14-8-7-12(15)9-10-3-5-11(13)6-4-10/h3-6,14H,2,7-9H2,1H3. The number of carbonyl (C=O) groups is 1. The summed E-state index contributed by atoms with van der Waals surface area (Å²) < 4.78 is 1.21. The third-order valence-electron chi connectivity index (χ3n) is 2.15. The summed E-state index contributed by atoms with van der Waals surface area (Å²) in [5.41, 5.74) is 1.11. The zero-order valence-electron chi connectivity index (χ0n) is 8.92. The number of benzene rings is 1. The molecule has 0 bridgehead atoms. The Balaban J connectivity index is 2.34. The van der Waals surface area contributed by atoms with Crippen molar-refractivity contribution in [3.8, 4) is 0 Å². The van der Waals surface area contributed by atoms with Crippen molar-refractivity contribution < 1.29 is 4.79 Å². The summed E-state index contributed by atoms with van der Waals surface area (Å²) in [4.78, 5) is 11.5. The van der Waals surface area contributed by atoms with Crippen LogP contribution in [-0.2, 0) is 11.2 Å². The first kappa shape index (κ1) is 12.6. The van der Waals surface area contributed by atoms with Crippen molar-refractivity contribution in [2.24, 2.45) is 0 Å². The predicted molar refractivity (Wildman–Crippen MR) is 71.0 cm³/mol. The van der Waals surface area contributed by atoms with Crippen molar-refractivity contribution in [3.05, 3.63) is 33.4 Å². The van der Waals surface area contributed by atoms with Crippen molar-refractivity contribution in [1.82, 2.24) is 5.32 Å². The summed E-state index contributed by atoms with van der Waals surface area (Å²) in [5.74, 6) is 0.303. The second-order valence-electron chi connectivity index (χ2n) is 3.45. The van der Waals surface area contributed by atoms with Crippen LogP contribution in [-0.4, -0.2) is 18.9 Å². The van der Waals surface area contributed by atoms with E-state index in [4.69, 9.17) is 0 Å². The highest BCUT2D eigenvalue weighted by Crippen LogP contribution is 2.08. The lowest BCUT2D eigenvalue weighted by Gasteiger charge is -2.02. The van der Waals surface area contributed by atoms with E-state index in [2.05, 4.69) is 27.9 Å². The molecule has 2 nitrogen and oxygen atoms in total. The van der Waals surface area contributed by atoms with Crippen LogP contribution in [0.5, 0.6) is 0 Å². The fourth-order valence-corrected chi connectivity index (χ4v) is 1.68. The van der Waals surface area contributed by atoms with Gasteiger partial charge in [0.05, 0.1) is 0 Å². The van der Waals surface area contributed by atoms with Crippen LogP contribution < -0.4 is 5.32 Å². The van der Waals surface area contributed by atoms with Gasteiger partial charge in [-0.2, -0.15) is 0 Å². The fraction of sp³-hybridized carbons (Fsp3) is 0.417. The molecule has 0 spiro atoms. The summed E-state index contributed by atoms with van der Waals surface area (Å²) in [5, 5.41) is 3.15. The van der Waals surface area contributed by atoms with Gasteiger partial charge in [0.1, 0.15) is 5.78 Å². The Bertz CT molecular complexity index is 308. The number of hydrogen-bond acceptors (Lipinski definition) is 2. The Morgan fingerprint density at radius 1 is 1.33 bits per heavy atom. The van der Waals surface area contributed by atoms with Crippen LogP contribution in [0.2, 0.25) is 0 Å². The maximum Gasteiger partial charge on any atom is 0.138 e. The highest BCUT2D eigenvalue weighted by molar-refractivity contribution is 14.1. The molecule has 1 N–H and O–H groups in total. The summed E-state index contributed by atoms with van der Waals surface area (Å²) in [6.45, 7) is 3.76. The van der Waals surface area contributed by atoms with Crippen LogP contribution in [0, 0.1) is 3.57 Å². The van der Waals surface area contributed by atoms with Gasteiger partial charge >= 0.3 is 0 Å². The first-order valence-corrected chi connectivity index (χ1v) is 6.27. The maximum absolute atomic E-state index is 11.5. The average Bonchev–Trinajstić information content (AvgIpc) is 2.22. The minimum atomic E-state index is 0.303. The van der Waals surface area contributed by atoms with E-state index < -0.39 is 0 Å². The highest BCUT2D eigenvalue weighted by Gasteiger charge is 2.02. The van der Waals surface area contributed by atoms with Gasteiger partial charge in [-0.25, -0.2) is 0 Å². The Hall–Kier alpha value is -0.420. The Morgan fingerprint density at radius 2 is 2.00 bits per heavy atom. The Labute approximate surface area is 105 Å². The molecule has 3 heteroatoms. The molecule has 0 radical (unpaired) electrons. The lowest BCUT2D eigenvalue weighted by Crippen LogP contribution is -2.18. The molecule has 0 unspecified atom stereocenters. The lowest BCUT2D eigenvalue weighted by molar-refractivity contribution is -0.118. The second-order valence-corrected chi connectivity index (χ2v) is 4.69. The molecule has 1 aromatic carbocycles. The van der Waals surface area contributed by atoms with Crippen molar-refractivity contribution in [2.75, 3.05) is 13.1 Å². The minimum Gasteiger partial charge on any atom is -0.317 e. The molecule has 0 heterocycles. The first-order valence-electron chi connectivity index (χ1n) is 5.19. The van der Waals surface area contributed by atoms with E-state index >= 15 is 0 Å². The number of rotatable bonds is 6. The van der Waals surface area contributed by atoms with Crippen LogP contribution in [0.15, 0.2) is 24.3 Å². The lowest BCUT2D eigenvalue weighted by atomic mass is 10.1. The summed E-state index contributed by atoms with van der Waals surface area (Å²) >= 11 is 2.26. The number of ketones is 1. The van der Waals surface area contributed by atoms with Crippen LogP contribution >= 0.6 is 22.6 Å². The average molecular weight is 317 g/mol. The second kappa shape index (κ2) is 6.95. The molecule has 82 valence electrons. The molecule has 0 atom stereocenters. The van der Waals surface area contributed by atoms with E-state index in [0.29, 0.717) is 18.6 Å². The van der Waals surface area contributed by atoms with Crippen LogP contribution in [0.3, 0.4) is 0 Å². The molecule has 1 rings (SSSR count). The van der Waals surface area contributed by atoms with E-state index in [9.17, 15) is 4.79 Å². The molecule has 0 saturated carbocycles. The quantitative estimate of drug-likeness (QED) is 0.645. The highest BCUT2D eigenvalue weighted by atomic mass is 127. The number of carbonyl (C=O) groups excluding carboxylic acids is 1. The van der Waals surface area contributed by atoms with Crippen LogP contribution in [0.25, 0.3) is 0 Å². The number of hydrogen-bond donors (Lipinski definition) is 1. The summed E-state index contributed by atoms with van der Waals surface area (Å²) in [6.07, 6.45) is 1.18. The largest absolute Gasteiger partial charge is 0.317 e. The topological polar surface area (TPSA) is 29.1 Å². The molecule has 0 aromatic heterocycles. The van der Waals surface area contributed by atoms with Gasteiger partial charge in [0.2, 0.25) is 0 Å². The van der Waals surface area contributed by atoms with E-state index in [0.717, 1.165) is 18.7 Å². The maximum atomic E-state index is 11.5. The van der Waals surface area contributed by atoms with E-state index in [1.807, 2.05) is 31.2 Å². The molecule has 0 fully saturated rings. The third kappa shape index (κ3) is 5.28. The molecule has 1 aromatic rings. The normalized spacial score (nSPS) is 10.3. The van der Waals surface area contributed by atoms with Crippen molar-refractivity contribution in [1.29, 1.82) is 0 Å². The smallest absolute Gasteiger partial charge is 0.138 e. The van der Waals surface area contributed by atoms with Crippen LogP contribution in [0.1, 0.15) is 18.9 Å². The van der Waals surface area contributed by atoms with Gasteiger partial charge in [-0.1, -0.05) is 19.1 Å². The van der Waals surface area contributed by atoms with Crippen LogP contribution in [0.4, 0.5) is 0 Å². The van der Waals surface area contributed by atoms with Gasteiger partial charge in [-0.15, -0.1) is 0 Å². The number of Topliss-reactive ketones (excluding diaryl/α,β-unsaturated/α-hetero) is 1. The number of halogens is 1. The molecule has 0 aliphatic heterocycles. The number of nitrogens with one attached hydrogen (secondary N) is 1. The molecule has 0 aliphatic rings. The minimum absolute atomic E-state index is 0.303. The molecule has 15 heavy (non-hydrogen) atoms. The van der Waals surface area contributed by atoms with E-state index in [1.165, 1.54) is 3.57 Å². The van der Waals surface area contributed by atoms with Gasteiger partial charge in [0.25, 0.3) is 0 Å². The zero-order chi connectivity index (χ0) is 11.1. The van der Waals surface area contributed by atoms with Crippen molar-refractivity contribution in [3.63, 3.8) is 0 Å². The van der Waals surface area contributed by atoms with Gasteiger partial charge in [-0.3, -0.25) is 4.79 Å². The molecular weight excluding hydrogens is 301 g/mol. The third-order valence-corrected chi connectivity index (χ3v) is 2.86. The molecule has 0 saturated heterocycles. The van der Waals surface area contributed by atoms with E-state index in [-0.39, 0.29) is 0 Å². The SMILES string of the molecule is CCNCCC(=O)Cc1ccc(I)cc1. The monoisotopic (exact) mass is 317 g/mol. The fourth-order valence-electron chi connectivity index (χ4n) is 1.32. The Kier molecular flexibility index (Phi) is 5.86. The molecule has 0 amide bonds. The van der Waals surface area contributed by atoms with Gasteiger partial charge < -0.3 is 5.32 Å². The summed E-state index contributed by atoms with van der Waals surface area (Å²) in [6, 6.07) is 8.11. The molecular formula is C12H16INO. The Morgan fingerprint density at radius 3 is 2.60 bits per heavy atom. The van der Waals surface area contributed by atoms with Gasteiger partial charge in [-0.05, 0) is 46.8 Å². The van der Waals surface area contributed by atoms with E-state index in [1.54, 1.807) is 0 Å². The zero-order valence-corrected chi connectivity index (χ0v) is 11.1. The van der Waals surface area contributed by atoms with Gasteiger partial charge in [0, 0.05) is 23.0 Å². The predicted octanol–water partition coefficient (Wildman–Crippen LogP) is 2.40. The summed E-state index contributed by atoms with van der Waals surface area (Å²) in [7, 11) is 0. The van der Waals surface area contributed by atoms with Crippen molar-refractivity contribution >= 4 is 28.4 Å². The van der Waals surface area contributed by atoms with Gasteiger partial charge in [0.15, 0.2) is 0 Å². The van der Waals surface area contributed by atoms with Crippen molar-refractivity contribution in [2.45, 2.75) is 19.8 Å². The molecule has 0 aliphatic carbocycles.